The van der Waals surface area contributed by atoms with Crippen molar-refractivity contribution < 1.29 is 0 Å². The molecule has 0 aliphatic carbocycles. The second-order valence-corrected chi connectivity index (χ2v) is 7.92. The number of thiophene rings is 1. The fraction of sp³-hybridized carbons (Fsp3) is 0.217. The van der Waals surface area contributed by atoms with Crippen molar-refractivity contribution in [2.45, 2.75) is 32.9 Å². The predicted molar refractivity (Wildman–Crippen MR) is 115 cm³/mol. The molecular weight excluding hydrogens is 366 g/mol. The van der Waals surface area contributed by atoms with Gasteiger partial charge in [-0.15, -0.1) is 11.3 Å². The molecule has 1 atom stereocenters. The van der Waals surface area contributed by atoms with Crippen molar-refractivity contribution in [1.82, 2.24) is 14.7 Å². The Labute approximate surface area is 168 Å². The van der Waals surface area contributed by atoms with Crippen molar-refractivity contribution in [3.63, 3.8) is 0 Å². The van der Waals surface area contributed by atoms with Crippen LogP contribution in [0.3, 0.4) is 0 Å². The molecule has 0 radical (unpaired) electrons. The van der Waals surface area contributed by atoms with Crippen LogP contribution in [-0.4, -0.2) is 9.38 Å². The van der Waals surface area contributed by atoms with Crippen LogP contribution in [0.15, 0.2) is 71.0 Å². The molecule has 0 amide bonds. The van der Waals surface area contributed by atoms with Gasteiger partial charge in [-0.1, -0.05) is 43.3 Å². The van der Waals surface area contributed by atoms with E-state index in [1.807, 2.05) is 25.3 Å². The van der Waals surface area contributed by atoms with Crippen LogP contribution in [-0.2, 0) is 13.0 Å². The van der Waals surface area contributed by atoms with Gasteiger partial charge in [-0.3, -0.25) is 14.5 Å². The highest BCUT2D eigenvalue weighted by atomic mass is 32.1. The van der Waals surface area contributed by atoms with Crippen molar-refractivity contribution in [3.05, 3.63) is 104 Å². The van der Waals surface area contributed by atoms with Crippen LogP contribution in [0.1, 0.15) is 40.2 Å². The molecular formula is C23H23N3OS. The number of aromatic nitrogens is 2. The average molecular weight is 390 g/mol. The van der Waals surface area contributed by atoms with Crippen molar-refractivity contribution in [1.29, 1.82) is 0 Å². The zero-order valence-electron chi connectivity index (χ0n) is 16.1. The van der Waals surface area contributed by atoms with E-state index in [9.17, 15) is 4.79 Å². The standard InChI is InChI=1S/C23H23N3OS/c1-3-17-7-9-18(10-8-17)23(20-5-4-12-28-20)24-14-19-13-22(27)26-15-16(2)6-11-21(26)25-19/h4-13,15,23-24H,3,14H2,1-2H3/t23-/m0/s1. The van der Waals surface area contributed by atoms with E-state index in [4.69, 9.17) is 0 Å². The summed E-state index contributed by atoms with van der Waals surface area (Å²) in [6.07, 6.45) is 2.85. The van der Waals surface area contributed by atoms with Crippen molar-refractivity contribution in [2.75, 3.05) is 0 Å². The Hall–Kier alpha value is -2.76. The lowest BCUT2D eigenvalue weighted by Gasteiger charge is -2.18. The summed E-state index contributed by atoms with van der Waals surface area (Å²) in [5, 5.41) is 5.69. The molecule has 142 valence electrons. The van der Waals surface area contributed by atoms with Crippen LogP contribution in [0, 0.1) is 6.92 Å². The smallest absolute Gasteiger partial charge is 0.258 e. The molecule has 1 N–H and O–H groups in total. The van der Waals surface area contributed by atoms with Gasteiger partial charge in [0.15, 0.2) is 0 Å². The number of benzene rings is 1. The molecule has 4 aromatic rings. The number of fused-ring (bicyclic) bond motifs is 1. The van der Waals surface area contributed by atoms with Gasteiger partial charge in [-0.05, 0) is 47.5 Å². The number of nitrogens with zero attached hydrogens (tertiary/aromatic N) is 2. The summed E-state index contributed by atoms with van der Waals surface area (Å²) in [6, 6.07) is 18.5. The normalized spacial score (nSPS) is 12.4. The predicted octanol–water partition coefficient (Wildman–Crippen LogP) is 4.51. The summed E-state index contributed by atoms with van der Waals surface area (Å²) < 4.78 is 1.60. The van der Waals surface area contributed by atoms with Crippen LogP contribution in [0.5, 0.6) is 0 Å². The third-order valence-electron chi connectivity index (χ3n) is 4.90. The highest BCUT2D eigenvalue weighted by molar-refractivity contribution is 7.10. The van der Waals surface area contributed by atoms with Gasteiger partial charge >= 0.3 is 0 Å². The molecule has 28 heavy (non-hydrogen) atoms. The minimum atomic E-state index is -0.0505. The zero-order valence-corrected chi connectivity index (χ0v) is 16.9. The molecule has 0 aliphatic heterocycles. The summed E-state index contributed by atoms with van der Waals surface area (Å²) in [4.78, 5) is 18.4. The van der Waals surface area contributed by atoms with E-state index in [0.29, 0.717) is 12.2 Å². The van der Waals surface area contributed by atoms with Gasteiger partial charge < -0.3 is 0 Å². The SMILES string of the molecule is CCc1ccc([C@H](NCc2cc(=O)n3cc(C)ccc3n2)c2cccs2)cc1. The zero-order chi connectivity index (χ0) is 19.5. The van der Waals surface area contributed by atoms with E-state index in [0.717, 1.165) is 17.7 Å². The van der Waals surface area contributed by atoms with Gasteiger partial charge in [0.25, 0.3) is 5.56 Å². The van der Waals surface area contributed by atoms with E-state index in [2.05, 4.69) is 59.0 Å². The highest BCUT2D eigenvalue weighted by Crippen LogP contribution is 2.26. The molecule has 0 saturated heterocycles. The van der Waals surface area contributed by atoms with Crippen molar-refractivity contribution in [2.24, 2.45) is 0 Å². The van der Waals surface area contributed by atoms with Crippen LogP contribution in [0.2, 0.25) is 0 Å². The first kappa shape index (κ1) is 18.6. The topological polar surface area (TPSA) is 46.4 Å². The summed E-state index contributed by atoms with van der Waals surface area (Å²) in [6.45, 7) is 4.66. The molecule has 4 nitrogen and oxygen atoms in total. The average Bonchev–Trinajstić information content (AvgIpc) is 3.24. The molecule has 0 spiro atoms. The fourth-order valence-electron chi connectivity index (χ4n) is 3.34. The Kier molecular flexibility index (Phi) is 5.37. The third kappa shape index (κ3) is 3.91. The first-order chi connectivity index (χ1) is 13.6. The summed E-state index contributed by atoms with van der Waals surface area (Å²) in [7, 11) is 0. The number of nitrogens with one attached hydrogen (secondary N) is 1. The lowest BCUT2D eigenvalue weighted by atomic mass is 10.0. The number of rotatable bonds is 6. The number of hydrogen-bond acceptors (Lipinski definition) is 4. The number of aryl methyl sites for hydroxylation is 2. The highest BCUT2D eigenvalue weighted by Gasteiger charge is 2.15. The third-order valence-corrected chi connectivity index (χ3v) is 5.83. The first-order valence-electron chi connectivity index (χ1n) is 9.48. The number of pyridine rings is 1. The van der Waals surface area contributed by atoms with Gasteiger partial charge in [0.1, 0.15) is 5.65 Å². The van der Waals surface area contributed by atoms with Crippen LogP contribution < -0.4 is 10.9 Å². The van der Waals surface area contributed by atoms with E-state index < -0.39 is 0 Å². The molecule has 3 aromatic heterocycles. The molecule has 0 bridgehead atoms. The van der Waals surface area contributed by atoms with E-state index in [1.54, 1.807) is 21.8 Å². The molecule has 0 aliphatic rings. The lowest BCUT2D eigenvalue weighted by molar-refractivity contribution is 0.603. The van der Waals surface area contributed by atoms with Crippen LogP contribution >= 0.6 is 11.3 Å². The molecule has 1 aromatic carbocycles. The molecule has 0 fully saturated rings. The maximum absolute atomic E-state index is 12.5. The van der Waals surface area contributed by atoms with E-state index in [-0.39, 0.29) is 11.6 Å². The molecule has 0 unspecified atom stereocenters. The van der Waals surface area contributed by atoms with Gasteiger partial charge in [0.05, 0.1) is 11.7 Å². The van der Waals surface area contributed by atoms with Crippen LogP contribution in [0.4, 0.5) is 0 Å². The Morgan fingerprint density at radius 3 is 2.68 bits per heavy atom. The molecule has 0 saturated carbocycles. The molecule has 3 heterocycles. The lowest BCUT2D eigenvalue weighted by Crippen LogP contribution is -2.24. The van der Waals surface area contributed by atoms with Gasteiger partial charge in [-0.25, -0.2) is 4.98 Å². The Balaban J connectivity index is 1.62. The maximum Gasteiger partial charge on any atom is 0.258 e. The fourth-order valence-corrected chi connectivity index (χ4v) is 4.17. The summed E-state index contributed by atoms with van der Waals surface area (Å²) >= 11 is 1.73. The summed E-state index contributed by atoms with van der Waals surface area (Å²) in [5.74, 6) is 0. The van der Waals surface area contributed by atoms with Gasteiger partial charge in [0, 0.05) is 23.7 Å². The van der Waals surface area contributed by atoms with Gasteiger partial charge in [0.2, 0.25) is 0 Å². The minimum absolute atomic E-state index is 0.0505. The number of hydrogen-bond donors (Lipinski definition) is 1. The first-order valence-corrected chi connectivity index (χ1v) is 10.4. The van der Waals surface area contributed by atoms with E-state index in [1.165, 1.54) is 16.0 Å². The second kappa shape index (κ2) is 8.09. The largest absolute Gasteiger partial charge is 0.300 e. The Bertz CT molecular complexity index is 1130. The van der Waals surface area contributed by atoms with Crippen molar-refractivity contribution >= 4 is 17.0 Å². The Morgan fingerprint density at radius 1 is 1.14 bits per heavy atom. The van der Waals surface area contributed by atoms with Crippen LogP contribution in [0.25, 0.3) is 5.65 Å². The Morgan fingerprint density at radius 2 is 1.96 bits per heavy atom. The van der Waals surface area contributed by atoms with Gasteiger partial charge in [-0.2, -0.15) is 0 Å². The minimum Gasteiger partial charge on any atom is -0.300 e. The second-order valence-electron chi connectivity index (χ2n) is 6.94. The maximum atomic E-state index is 12.5. The molecule has 5 heteroatoms. The quantitative estimate of drug-likeness (QED) is 0.528. The van der Waals surface area contributed by atoms with Crippen molar-refractivity contribution in [3.8, 4) is 0 Å². The summed E-state index contributed by atoms with van der Waals surface area (Å²) in [5.41, 5.74) is 4.96. The molecule has 4 rings (SSSR count). The monoisotopic (exact) mass is 389 g/mol. The van der Waals surface area contributed by atoms with E-state index >= 15 is 0 Å².